The van der Waals surface area contributed by atoms with Crippen molar-refractivity contribution in [2.24, 2.45) is 11.8 Å². The molecule has 1 N–H and O–H groups in total. The van der Waals surface area contributed by atoms with Crippen LogP contribution in [-0.2, 0) is 6.18 Å². The van der Waals surface area contributed by atoms with Crippen LogP contribution in [0.15, 0.2) is 24.4 Å². The standard InChI is InChI=1S/C18H20ClF3N4S/c19-14-9-13(18(20,21)22)10-23-16(14)25-3-5-26(6-4-25)17(27)24-15-8-11-1-2-12(15)7-11/h1-2,9-12,15H,3-8H2,(H,24,27). The molecular weight excluding hydrogens is 397 g/mol. The number of halogens is 4. The van der Waals surface area contributed by atoms with E-state index in [9.17, 15) is 13.2 Å². The minimum Gasteiger partial charge on any atom is -0.359 e. The number of nitrogens with one attached hydrogen (secondary N) is 1. The van der Waals surface area contributed by atoms with Gasteiger partial charge in [-0.3, -0.25) is 0 Å². The number of nitrogens with zero attached hydrogens (tertiary/aromatic N) is 3. The van der Waals surface area contributed by atoms with Gasteiger partial charge < -0.3 is 15.1 Å². The van der Waals surface area contributed by atoms with E-state index in [1.807, 2.05) is 4.90 Å². The molecule has 1 aliphatic heterocycles. The second kappa shape index (κ2) is 7.13. The summed E-state index contributed by atoms with van der Waals surface area (Å²) in [5.41, 5.74) is -0.833. The first-order valence-electron chi connectivity index (χ1n) is 9.03. The number of rotatable bonds is 2. The monoisotopic (exact) mass is 416 g/mol. The van der Waals surface area contributed by atoms with Gasteiger partial charge in [-0.2, -0.15) is 13.2 Å². The summed E-state index contributed by atoms with van der Waals surface area (Å²) >= 11 is 11.6. The zero-order valence-electron chi connectivity index (χ0n) is 14.5. The number of alkyl halides is 3. The van der Waals surface area contributed by atoms with E-state index in [4.69, 9.17) is 23.8 Å². The molecule has 0 amide bonds. The molecule has 3 aliphatic rings. The van der Waals surface area contributed by atoms with Gasteiger partial charge in [-0.15, -0.1) is 0 Å². The molecule has 2 fully saturated rings. The van der Waals surface area contributed by atoms with Crippen molar-refractivity contribution in [1.82, 2.24) is 15.2 Å². The lowest BCUT2D eigenvalue weighted by Gasteiger charge is -2.38. The highest BCUT2D eigenvalue weighted by Crippen LogP contribution is 2.39. The van der Waals surface area contributed by atoms with Crippen molar-refractivity contribution < 1.29 is 13.2 Å². The summed E-state index contributed by atoms with van der Waals surface area (Å²) in [6, 6.07) is 1.35. The first-order valence-corrected chi connectivity index (χ1v) is 9.81. The number of allylic oxidation sites excluding steroid dienone is 1. The molecule has 1 saturated carbocycles. The molecule has 1 saturated heterocycles. The fourth-order valence-corrected chi connectivity index (χ4v) is 4.76. The van der Waals surface area contributed by atoms with E-state index in [1.54, 1.807) is 0 Å². The third-order valence-corrected chi connectivity index (χ3v) is 6.26. The van der Waals surface area contributed by atoms with E-state index in [-0.39, 0.29) is 5.02 Å². The lowest BCUT2D eigenvalue weighted by molar-refractivity contribution is -0.137. The Morgan fingerprint density at radius 2 is 1.93 bits per heavy atom. The molecule has 2 bridgehead atoms. The molecular formula is C18H20ClF3N4S. The SMILES string of the molecule is FC(F)(F)c1cnc(N2CCN(C(=S)NC3CC4C=CC3C4)CC2)c(Cl)c1. The van der Waals surface area contributed by atoms with Gasteiger partial charge in [-0.05, 0) is 43.0 Å². The van der Waals surface area contributed by atoms with Gasteiger partial charge >= 0.3 is 6.18 Å². The van der Waals surface area contributed by atoms with Crippen LogP contribution in [0, 0.1) is 11.8 Å². The maximum atomic E-state index is 12.8. The van der Waals surface area contributed by atoms with Crippen molar-refractivity contribution in [3.63, 3.8) is 0 Å². The van der Waals surface area contributed by atoms with Gasteiger partial charge in [0.1, 0.15) is 5.82 Å². The Balaban J connectivity index is 1.33. The molecule has 0 radical (unpaired) electrons. The van der Waals surface area contributed by atoms with Crippen molar-refractivity contribution in [3.8, 4) is 0 Å². The molecule has 1 aromatic heterocycles. The molecule has 2 aliphatic carbocycles. The number of hydrogen-bond donors (Lipinski definition) is 1. The Bertz CT molecular complexity index is 761. The first kappa shape index (κ1) is 18.8. The molecule has 27 heavy (non-hydrogen) atoms. The number of pyridine rings is 1. The third-order valence-electron chi connectivity index (χ3n) is 5.60. The van der Waals surface area contributed by atoms with Crippen LogP contribution in [0.2, 0.25) is 5.02 Å². The van der Waals surface area contributed by atoms with Crippen LogP contribution in [0.5, 0.6) is 0 Å². The summed E-state index contributed by atoms with van der Waals surface area (Å²) in [6.45, 7) is 2.58. The topological polar surface area (TPSA) is 31.4 Å². The molecule has 0 spiro atoms. The number of fused-ring (bicyclic) bond motifs is 2. The van der Waals surface area contributed by atoms with E-state index in [2.05, 4.69) is 27.4 Å². The summed E-state index contributed by atoms with van der Waals surface area (Å²) in [7, 11) is 0. The van der Waals surface area contributed by atoms with E-state index in [1.165, 1.54) is 6.42 Å². The Morgan fingerprint density at radius 3 is 2.48 bits per heavy atom. The van der Waals surface area contributed by atoms with Gasteiger partial charge in [0.15, 0.2) is 5.11 Å². The van der Waals surface area contributed by atoms with Crippen LogP contribution in [0.4, 0.5) is 19.0 Å². The molecule has 9 heteroatoms. The van der Waals surface area contributed by atoms with Gasteiger partial charge in [-0.25, -0.2) is 4.98 Å². The summed E-state index contributed by atoms with van der Waals surface area (Å²) < 4.78 is 38.3. The van der Waals surface area contributed by atoms with Gasteiger partial charge in [0.25, 0.3) is 0 Å². The van der Waals surface area contributed by atoms with E-state index in [0.29, 0.717) is 49.9 Å². The zero-order chi connectivity index (χ0) is 19.2. The summed E-state index contributed by atoms with van der Waals surface area (Å²) in [4.78, 5) is 7.96. The van der Waals surface area contributed by atoms with Crippen LogP contribution in [0.3, 0.4) is 0 Å². The van der Waals surface area contributed by atoms with Crippen LogP contribution < -0.4 is 10.2 Å². The van der Waals surface area contributed by atoms with Gasteiger partial charge in [0.05, 0.1) is 10.6 Å². The normalized spacial score (nSPS) is 27.3. The third kappa shape index (κ3) is 3.87. The van der Waals surface area contributed by atoms with Crippen molar-refractivity contribution in [1.29, 1.82) is 0 Å². The highest BCUT2D eigenvalue weighted by Gasteiger charge is 2.37. The molecule has 3 unspecified atom stereocenters. The Morgan fingerprint density at radius 1 is 1.19 bits per heavy atom. The second-order valence-electron chi connectivity index (χ2n) is 7.34. The predicted molar refractivity (Wildman–Crippen MR) is 103 cm³/mol. The summed E-state index contributed by atoms with van der Waals surface area (Å²) in [5, 5.41) is 4.27. The maximum absolute atomic E-state index is 12.8. The average molecular weight is 417 g/mol. The zero-order valence-corrected chi connectivity index (χ0v) is 16.1. The number of anilines is 1. The summed E-state index contributed by atoms with van der Waals surface area (Å²) in [5.74, 6) is 1.64. The number of thiocarbonyl (C=S) groups is 1. The van der Waals surface area contributed by atoms with E-state index < -0.39 is 11.7 Å². The number of hydrogen-bond acceptors (Lipinski definition) is 3. The molecule has 3 atom stereocenters. The van der Waals surface area contributed by atoms with Crippen molar-refractivity contribution in [2.45, 2.75) is 25.1 Å². The molecule has 2 heterocycles. The minimum absolute atomic E-state index is 0.0211. The fourth-order valence-electron chi connectivity index (χ4n) is 4.14. The largest absolute Gasteiger partial charge is 0.417 e. The minimum atomic E-state index is -4.44. The quantitative estimate of drug-likeness (QED) is 0.586. The van der Waals surface area contributed by atoms with Gasteiger partial charge in [0.2, 0.25) is 0 Å². The van der Waals surface area contributed by atoms with Crippen LogP contribution >= 0.6 is 23.8 Å². The predicted octanol–water partition coefficient (Wildman–Crippen LogP) is 3.71. The van der Waals surface area contributed by atoms with Crippen molar-refractivity contribution >= 4 is 34.7 Å². The van der Waals surface area contributed by atoms with Crippen molar-refractivity contribution in [2.75, 3.05) is 31.1 Å². The highest BCUT2D eigenvalue weighted by molar-refractivity contribution is 7.80. The van der Waals surface area contributed by atoms with Crippen LogP contribution in [0.1, 0.15) is 18.4 Å². The van der Waals surface area contributed by atoms with Gasteiger partial charge in [0, 0.05) is 38.4 Å². The number of aromatic nitrogens is 1. The van der Waals surface area contributed by atoms with Gasteiger partial charge in [-0.1, -0.05) is 23.8 Å². The molecule has 4 rings (SSSR count). The van der Waals surface area contributed by atoms with E-state index >= 15 is 0 Å². The highest BCUT2D eigenvalue weighted by atomic mass is 35.5. The second-order valence-corrected chi connectivity index (χ2v) is 8.13. The smallest absolute Gasteiger partial charge is 0.359 e. The number of piperazine rings is 1. The summed E-state index contributed by atoms with van der Waals surface area (Å²) in [6.07, 6.45) is 3.32. The Hall–Kier alpha value is -1.54. The van der Waals surface area contributed by atoms with Crippen LogP contribution in [0.25, 0.3) is 0 Å². The average Bonchev–Trinajstić information content (AvgIpc) is 3.24. The molecule has 146 valence electrons. The van der Waals surface area contributed by atoms with E-state index in [0.717, 1.165) is 23.8 Å². The molecule has 1 aromatic rings. The van der Waals surface area contributed by atoms with Crippen LogP contribution in [-0.4, -0.2) is 47.2 Å². The lowest BCUT2D eigenvalue weighted by atomic mass is 10.0. The Kier molecular flexibility index (Phi) is 4.96. The van der Waals surface area contributed by atoms with Crippen molar-refractivity contribution in [3.05, 3.63) is 35.0 Å². The molecule has 0 aromatic carbocycles. The lowest BCUT2D eigenvalue weighted by Crippen LogP contribution is -2.54. The maximum Gasteiger partial charge on any atom is 0.417 e. The fraction of sp³-hybridized carbons (Fsp3) is 0.556. The Labute approximate surface area is 166 Å². The molecule has 4 nitrogen and oxygen atoms in total. The first-order chi connectivity index (χ1) is 12.8.